The Balaban J connectivity index is 3.04. The summed E-state index contributed by atoms with van der Waals surface area (Å²) in [6.07, 6.45) is 32.1. The number of aliphatic hydroxyl groups excluding tert-OH is 1. The van der Waals surface area contributed by atoms with Crippen LogP contribution < -0.4 is 0 Å². The Morgan fingerprint density at radius 1 is 0.440 bits per heavy atom. The zero-order valence-corrected chi connectivity index (χ0v) is 17.5. The van der Waals surface area contributed by atoms with E-state index >= 15 is 0 Å². The predicted octanol–water partition coefficient (Wildman–Crippen LogP) is 8.36. The largest absolute Gasteiger partial charge is 0.396 e. The number of allylic oxidation sites excluding steroid dienone is 2. The van der Waals surface area contributed by atoms with Crippen LogP contribution in [0.25, 0.3) is 0 Å². The van der Waals surface area contributed by atoms with Crippen LogP contribution in [0.5, 0.6) is 0 Å². The van der Waals surface area contributed by atoms with Crippen LogP contribution in [0.15, 0.2) is 12.2 Å². The van der Waals surface area contributed by atoms with E-state index in [1.165, 1.54) is 122 Å². The molecule has 0 aliphatic carbocycles. The Morgan fingerprint density at radius 3 is 1.12 bits per heavy atom. The monoisotopic (exact) mass is 352 g/mol. The van der Waals surface area contributed by atoms with E-state index in [1.54, 1.807) is 0 Å². The Hall–Kier alpha value is -0.300. The molecule has 0 aliphatic rings. The second-order valence-electron chi connectivity index (χ2n) is 7.78. The van der Waals surface area contributed by atoms with E-state index in [2.05, 4.69) is 19.1 Å². The van der Waals surface area contributed by atoms with E-state index in [1.807, 2.05) is 0 Å². The maximum absolute atomic E-state index is 8.72. The molecule has 0 spiro atoms. The molecule has 1 heteroatoms. The fourth-order valence-corrected chi connectivity index (χ4v) is 3.42. The molecule has 0 aromatic heterocycles. The summed E-state index contributed by atoms with van der Waals surface area (Å²) < 4.78 is 0. The molecule has 0 saturated carbocycles. The van der Waals surface area contributed by atoms with Gasteiger partial charge in [0, 0.05) is 6.61 Å². The van der Waals surface area contributed by atoms with Crippen molar-refractivity contribution >= 4 is 0 Å². The van der Waals surface area contributed by atoms with E-state index in [4.69, 9.17) is 5.11 Å². The Labute approximate surface area is 159 Å². The summed E-state index contributed by atoms with van der Waals surface area (Å²) in [5.41, 5.74) is 0. The molecule has 0 aliphatic heterocycles. The lowest BCUT2D eigenvalue weighted by Crippen LogP contribution is -1.84. The average Bonchev–Trinajstić information content (AvgIpc) is 2.63. The van der Waals surface area contributed by atoms with Crippen LogP contribution in [-0.4, -0.2) is 11.7 Å². The zero-order chi connectivity index (χ0) is 18.3. The Kier molecular flexibility index (Phi) is 23.4. The number of aliphatic hydroxyl groups is 1. The van der Waals surface area contributed by atoms with Crippen LogP contribution in [-0.2, 0) is 0 Å². The van der Waals surface area contributed by atoms with Crippen molar-refractivity contribution in [2.45, 2.75) is 135 Å². The molecular weight excluding hydrogens is 304 g/mol. The van der Waals surface area contributed by atoms with Crippen LogP contribution in [0.2, 0.25) is 0 Å². The van der Waals surface area contributed by atoms with Crippen LogP contribution >= 0.6 is 0 Å². The molecule has 25 heavy (non-hydrogen) atoms. The third-order valence-corrected chi connectivity index (χ3v) is 5.17. The summed E-state index contributed by atoms with van der Waals surface area (Å²) in [6.45, 7) is 2.66. The van der Waals surface area contributed by atoms with E-state index in [0.717, 1.165) is 6.42 Å². The van der Waals surface area contributed by atoms with Gasteiger partial charge in [0.25, 0.3) is 0 Å². The molecule has 0 heterocycles. The van der Waals surface area contributed by atoms with Gasteiger partial charge in [0.1, 0.15) is 0 Å². The van der Waals surface area contributed by atoms with Gasteiger partial charge in [0.15, 0.2) is 0 Å². The summed E-state index contributed by atoms with van der Waals surface area (Å²) >= 11 is 0. The van der Waals surface area contributed by atoms with Gasteiger partial charge in [-0.1, -0.05) is 115 Å². The number of unbranched alkanes of at least 4 members (excludes halogenated alkanes) is 18. The first-order chi connectivity index (χ1) is 12.4. The summed E-state index contributed by atoms with van der Waals surface area (Å²) in [5, 5.41) is 8.72. The minimum absolute atomic E-state index is 0.367. The predicted molar refractivity (Wildman–Crippen MR) is 114 cm³/mol. The fourth-order valence-electron chi connectivity index (χ4n) is 3.42. The molecule has 0 aromatic carbocycles. The lowest BCUT2D eigenvalue weighted by atomic mass is 10.1. The van der Waals surface area contributed by atoms with Crippen molar-refractivity contribution in [2.24, 2.45) is 0 Å². The van der Waals surface area contributed by atoms with Gasteiger partial charge < -0.3 is 5.11 Å². The normalized spacial score (nSPS) is 11.6. The number of rotatable bonds is 21. The molecular formula is C24H48O. The van der Waals surface area contributed by atoms with Gasteiger partial charge in [0.2, 0.25) is 0 Å². The molecule has 0 atom stereocenters. The van der Waals surface area contributed by atoms with E-state index in [0.29, 0.717) is 6.61 Å². The van der Waals surface area contributed by atoms with Crippen LogP contribution in [0.3, 0.4) is 0 Å². The lowest BCUT2D eigenvalue weighted by molar-refractivity contribution is 0.282. The lowest BCUT2D eigenvalue weighted by Gasteiger charge is -2.01. The molecule has 0 amide bonds. The van der Waals surface area contributed by atoms with E-state index < -0.39 is 0 Å². The molecule has 0 rings (SSSR count). The SMILES string of the molecule is CCCCCCCCCCCC/C=C/CCCCCCCCCCO. The third kappa shape index (κ3) is 23.7. The van der Waals surface area contributed by atoms with Crippen LogP contribution in [0.1, 0.15) is 135 Å². The molecule has 0 unspecified atom stereocenters. The number of hydrogen-bond donors (Lipinski definition) is 1. The molecule has 0 bridgehead atoms. The smallest absolute Gasteiger partial charge is 0.0431 e. The van der Waals surface area contributed by atoms with E-state index in [-0.39, 0.29) is 0 Å². The van der Waals surface area contributed by atoms with Crippen LogP contribution in [0, 0.1) is 0 Å². The Morgan fingerprint density at radius 2 is 0.760 bits per heavy atom. The van der Waals surface area contributed by atoms with E-state index in [9.17, 15) is 0 Å². The van der Waals surface area contributed by atoms with Crippen molar-refractivity contribution in [3.63, 3.8) is 0 Å². The van der Waals surface area contributed by atoms with Crippen molar-refractivity contribution in [3.8, 4) is 0 Å². The first kappa shape index (κ1) is 24.7. The molecule has 150 valence electrons. The van der Waals surface area contributed by atoms with Gasteiger partial charge in [-0.2, -0.15) is 0 Å². The summed E-state index contributed by atoms with van der Waals surface area (Å²) in [6, 6.07) is 0. The van der Waals surface area contributed by atoms with Gasteiger partial charge in [-0.05, 0) is 32.1 Å². The molecule has 0 aromatic rings. The van der Waals surface area contributed by atoms with Gasteiger partial charge in [-0.25, -0.2) is 0 Å². The minimum Gasteiger partial charge on any atom is -0.396 e. The topological polar surface area (TPSA) is 20.2 Å². The second kappa shape index (κ2) is 23.7. The maximum atomic E-state index is 8.72. The summed E-state index contributed by atoms with van der Waals surface area (Å²) in [4.78, 5) is 0. The highest BCUT2D eigenvalue weighted by Crippen LogP contribution is 2.12. The van der Waals surface area contributed by atoms with Gasteiger partial charge in [0.05, 0.1) is 0 Å². The van der Waals surface area contributed by atoms with Crippen molar-refractivity contribution in [1.29, 1.82) is 0 Å². The van der Waals surface area contributed by atoms with Crippen molar-refractivity contribution < 1.29 is 5.11 Å². The molecule has 1 N–H and O–H groups in total. The average molecular weight is 353 g/mol. The van der Waals surface area contributed by atoms with Gasteiger partial charge in [-0.3, -0.25) is 0 Å². The Bertz CT molecular complexity index is 246. The first-order valence-electron chi connectivity index (χ1n) is 11.7. The number of hydrogen-bond acceptors (Lipinski definition) is 1. The molecule has 0 radical (unpaired) electrons. The second-order valence-corrected chi connectivity index (χ2v) is 7.78. The standard InChI is InChI=1S/C24H48O/c1-2-3-4-5-6-7-8-9-10-11-12-13-14-15-16-17-18-19-20-21-22-23-24-25/h13-14,25H,2-12,15-24H2,1H3/b14-13+. The van der Waals surface area contributed by atoms with Gasteiger partial charge >= 0.3 is 0 Å². The minimum atomic E-state index is 0.367. The summed E-state index contributed by atoms with van der Waals surface area (Å²) in [7, 11) is 0. The van der Waals surface area contributed by atoms with Crippen LogP contribution in [0.4, 0.5) is 0 Å². The van der Waals surface area contributed by atoms with Crippen molar-refractivity contribution in [3.05, 3.63) is 12.2 Å². The molecule has 1 nitrogen and oxygen atoms in total. The highest BCUT2D eigenvalue weighted by molar-refractivity contribution is 4.81. The first-order valence-corrected chi connectivity index (χ1v) is 11.7. The fraction of sp³-hybridized carbons (Fsp3) is 0.917. The zero-order valence-electron chi connectivity index (χ0n) is 17.5. The third-order valence-electron chi connectivity index (χ3n) is 5.17. The highest BCUT2D eigenvalue weighted by atomic mass is 16.2. The van der Waals surface area contributed by atoms with Crippen molar-refractivity contribution in [1.82, 2.24) is 0 Å². The van der Waals surface area contributed by atoms with Gasteiger partial charge in [-0.15, -0.1) is 0 Å². The quantitative estimate of drug-likeness (QED) is 0.162. The van der Waals surface area contributed by atoms with Crippen molar-refractivity contribution in [2.75, 3.05) is 6.61 Å². The molecule has 0 saturated heterocycles. The maximum Gasteiger partial charge on any atom is 0.0431 e. The molecule has 0 fully saturated rings. The summed E-state index contributed by atoms with van der Waals surface area (Å²) in [5.74, 6) is 0. The highest BCUT2D eigenvalue weighted by Gasteiger charge is 1.93.